The van der Waals surface area contributed by atoms with Crippen LogP contribution in [0.3, 0.4) is 0 Å². The number of nitrogens with zero attached hydrogens (tertiary/aromatic N) is 3. The predicted molar refractivity (Wildman–Crippen MR) is 73.1 cm³/mol. The van der Waals surface area contributed by atoms with Crippen molar-refractivity contribution in [2.75, 3.05) is 0 Å². The smallest absolute Gasteiger partial charge is 0.265 e. The maximum absolute atomic E-state index is 11.2. The standard InChI is InChI=1S/C11H7BrN4O2S/c1-16-11(14-9(17)10(18)15-16)19-7-3-2-6(5-13)8(12)4-7/h2-4H,1H3,(H,15,18). The maximum Gasteiger partial charge on any atom is 0.339 e. The van der Waals surface area contributed by atoms with Gasteiger partial charge in [0, 0.05) is 16.4 Å². The number of nitrogens with one attached hydrogen (secondary N) is 1. The Morgan fingerprint density at radius 3 is 2.84 bits per heavy atom. The van der Waals surface area contributed by atoms with Crippen LogP contribution in [-0.2, 0) is 7.05 Å². The number of nitriles is 1. The second-order valence-corrected chi connectivity index (χ2v) is 5.45. The van der Waals surface area contributed by atoms with Gasteiger partial charge < -0.3 is 0 Å². The highest BCUT2D eigenvalue weighted by Crippen LogP contribution is 2.28. The summed E-state index contributed by atoms with van der Waals surface area (Å²) < 4.78 is 2.04. The number of aromatic nitrogens is 3. The number of hydrogen-bond donors (Lipinski definition) is 1. The minimum Gasteiger partial charge on any atom is -0.265 e. The lowest BCUT2D eigenvalue weighted by atomic mass is 10.2. The van der Waals surface area contributed by atoms with E-state index < -0.39 is 11.1 Å². The third kappa shape index (κ3) is 2.94. The molecule has 0 aliphatic heterocycles. The van der Waals surface area contributed by atoms with E-state index in [1.807, 2.05) is 6.07 Å². The molecule has 1 aromatic heterocycles. The van der Waals surface area contributed by atoms with Crippen LogP contribution in [0.5, 0.6) is 0 Å². The molecule has 0 radical (unpaired) electrons. The van der Waals surface area contributed by atoms with Crippen LogP contribution < -0.4 is 11.1 Å². The van der Waals surface area contributed by atoms with Gasteiger partial charge in [0.2, 0.25) is 0 Å². The van der Waals surface area contributed by atoms with Crippen LogP contribution in [0.1, 0.15) is 5.56 Å². The van der Waals surface area contributed by atoms with Crippen molar-refractivity contribution in [2.45, 2.75) is 10.1 Å². The van der Waals surface area contributed by atoms with E-state index in [2.05, 4.69) is 26.0 Å². The van der Waals surface area contributed by atoms with Gasteiger partial charge in [-0.25, -0.2) is 0 Å². The summed E-state index contributed by atoms with van der Waals surface area (Å²) in [6.45, 7) is 0. The first-order chi connectivity index (χ1) is 9.01. The van der Waals surface area contributed by atoms with Gasteiger partial charge in [0.1, 0.15) is 6.07 Å². The van der Waals surface area contributed by atoms with E-state index in [0.717, 1.165) is 4.90 Å². The van der Waals surface area contributed by atoms with Crippen molar-refractivity contribution < 1.29 is 0 Å². The zero-order chi connectivity index (χ0) is 14.0. The summed E-state index contributed by atoms with van der Waals surface area (Å²) in [6.07, 6.45) is 0. The highest BCUT2D eigenvalue weighted by Gasteiger charge is 2.07. The number of aromatic amines is 1. The average molecular weight is 339 g/mol. The molecule has 0 saturated carbocycles. The van der Waals surface area contributed by atoms with Crippen LogP contribution in [-0.4, -0.2) is 14.8 Å². The molecule has 1 N–H and O–H groups in total. The second-order valence-electron chi connectivity index (χ2n) is 3.55. The van der Waals surface area contributed by atoms with Crippen LogP contribution in [0.25, 0.3) is 0 Å². The van der Waals surface area contributed by atoms with E-state index in [0.29, 0.717) is 15.2 Å². The molecule has 0 saturated heterocycles. The Hall–Kier alpha value is -1.85. The number of aryl methyl sites for hydroxylation is 1. The molecular weight excluding hydrogens is 332 g/mol. The normalized spacial score (nSPS) is 10.2. The molecule has 1 heterocycles. The van der Waals surface area contributed by atoms with Gasteiger partial charge in [0.25, 0.3) is 0 Å². The zero-order valence-electron chi connectivity index (χ0n) is 9.68. The molecule has 96 valence electrons. The Balaban J connectivity index is 2.40. The summed E-state index contributed by atoms with van der Waals surface area (Å²) >= 11 is 4.50. The van der Waals surface area contributed by atoms with Crippen molar-refractivity contribution in [1.82, 2.24) is 14.8 Å². The summed E-state index contributed by atoms with van der Waals surface area (Å²) in [4.78, 5) is 26.8. The van der Waals surface area contributed by atoms with Gasteiger partial charge in [-0.2, -0.15) is 10.2 Å². The molecule has 0 atom stereocenters. The number of rotatable bonds is 2. The van der Waals surface area contributed by atoms with Crippen molar-refractivity contribution in [3.8, 4) is 6.07 Å². The molecule has 0 aliphatic rings. The van der Waals surface area contributed by atoms with E-state index >= 15 is 0 Å². The van der Waals surface area contributed by atoms with Crippen molar-refractivity contribution in [1.29, 1.82) is 5.26 Å². The van der Waals surface area contributed by atoms with Gasteiger partial charge in [0.05, 0.1) is 5.56 Å². The highest BCUT2D eigenvalue weighted by molar-refractivity contribution is 9.10. The van der Waals surface area contributed by atoms with E-state index in [-0.39, 0.29) is 0 Å². The van der Waals surface area contributed by atoms with Gasteiger partial charge in [-0.3, -0.25) is 19.4 Å². The molecule has 19 heavy (non-hydrogen) atoms. The Labute approximate surface area is 120 Å². The van der Waals surface area contributed by atoms with Gasteiger partial charge in [-0.05, 0) is 34.1 Å². The molecule has 0 unspecified atom stereocenters. The fourth-order valence-corrected chi connectivity index (χ4v) is 2.76. The molecule has 8 heteroatoms. The lowest BCUT2D eigenvalue weighted by Crippen LogP contribution is -2.33. The number of benzene rings is 1. The zero-order valence-corrected chi connectivity index (χ0v) is 12.1. The molecule has 2 aromatic rings. The van der Waals surface area contributed by atoms with Crippen LogP contribution in [0.2, 0.25) is 0 Å². The molecule has 6 nitrogen and oxygen atoms in total. The monoisotopic (exact) mass is 338 g/mol. The van der Waals surface area contributed by atoms with Crippen LogP contribution in [0, 0.1) is 11.3 Å². The molecule has 1 aromatic carbocycles. The van der Waals surface area contributed by atoms with E-state index in [1.54, 1.807) is 25.2 Å². The van der Waals surface area contributed by atoms with Gasteiger partial charge >= 0.3 is 11.1 Å². The van der Waals surface area contributed by atoms with Crippen molar-refractivity contribution in [3.63, 3.8) is 0 Å². The van der Waals surface area contributed by atoms with Crippen molar-refractivity contribution in [2.24, 2.45) is 7.05 Å². The van der Waals surface area contributed by atoms with Crippen LogP contribution in [0.15, 0.2) is 42.3 Å². The van der Waals surface area contributed by atoms with Crippen molar-refractivity contribution in [3.05, 3.63) is 48.9 Å². The molecule has 0 bridgehead atoms. The summed E-state index contributed by atoms with van der Waals surface area (Å²) in [7, 11) is 1.59. The van der Waals surface area contributed by atoms with E-state index in [4.69, 9.17) is 5.26 Å². The van der Waals surface area contributed by atoms with Crippen LogP contribution >= 0.6 is 27.7 Å². The Morgan fingerprint density at radius 2 is 2.21 bits per heavy atom. The Morgan fingerprint density at radius 1 is 1.47 bits per heavy atom. The SMILES string of the molecule is Cn1[nH]c(=O)c(=O)nc1Sc1ccc(C#N)c(Br)c1. The average Bonchev–Trinajstić information content (AvgIpc) is 2.36. The Kier molecular flexibility index (Phi) is 3.87. The molecule has 0 spiro atoms. The number of H-pyrrole nitrogens is 1. The maximum atomic E-state index is 11.2. The number of hydrogen-bond acceptors (Lipinski definition) is 5. The quantitative estimate of drug-likeness (QED) is 0.832. The second kappa shape index (κ2) is 5.42. The van der Waals surface area contributed by atoms with Gasteiger partial charge in [-0.15, -0.1) is 0 Å². The minimum absolute atomic E-state index is 0.362. The fourth-order valence-electron chi connectivity index (χ4n) is 1.31. The van der Waals surface area contributed by atoms with E-state index in [1.165, 1.54) is 16.4 Å². The van der Waals surface area contributed by atoms with Crippen LogP contribution in [0.4, 0.5) is 0 Å². The van der Waals surface area contributed by atoms with E-state index in [9.17, 15) is 9.59 Å². The molecule has 0 fully saturated rings. The first-order valence-corrected chi connectivity index (χ1v) is 6.67. The van der Waals surface area contributed by atoms with Crippen molar-refractivity contribution >= 4 is 27.7 Å². The lowest BCUT2D eigenvalue weighted by molar-refractivity contribution is 0.596. The minimum atomic E-state index is -0.826. The topological polar surface area (TPSA) is 91.5 Å². The molecule has 2 rings (SSSR count). The fraction of sp³-hybridized carbons (Fsp3) is 0.0909. The number of halogens is 1. The summed E-state index contributed by atoms with van der Waals surface area (Å²) in [5, 5.41) is 11.6. The summed E-state index contributed by atoms with van der Waals surface area (Å²) in [6, 6.07) is 7.19. The lowest BCUT2D eigenvalue weighted by Gasteiger charge is -2.06. The summed E-state index contributed by atoms with van der Waals surface area (Å²) in [5.41, 5.74) is -1.06. The third-order valence-corrected chi connectivity index (χ3v) is 3.91. The largest absolute Gasteiger partial charge is 0.339 e. The predicted octanol–water partition coefficient (Wildman–Crippen LogP) is 1.25. The molecule has 0 amide bonds. The Bertz CT molecular complexity index is 791. The molecule has 0 aliphatic carbocycles. The van der Waals surface area contributed by atoms with Gasteiger partial charge in [-0.1, -0.05) is 11.8 Å². The van der Waals surface area contributed by atoms with Gasteiger partial charge in [0.15, 0.2) is 5.16 Å². The summed E-state index contributed by atoms with van der Waals surface area (Å²) in [5.74, 6) is 0. The first kappa shape index (κ1) is 13.6. The third-order valence-electron chi connectivity index (χ3n) is 2.22. The molecular formula is C11H7BrN4O2S. The first-order valence-electron chi connectivity index (χ1n) is 5.06. The highest BCUT2D eigenvalue weighted by atomic mass is 79.9.